The van der Waals surface area contributed by atoms with E-state index in [4.69, 9.17) is 4.74 Å². The summed E-state index contributed by atoms with van der Waals surface area (Å²) in [6.07, 6.45) is 1.54. The third kappa shape index (κ3) is 2.26. The molecule has 0 amide bonds. The summed E-state index contributed by atoms with van der Waals surface area (Å²) in [5.74, 6) is 0.834. The second-order valence-electron chi connectivity index (χ2n) is 3.40. The van der Waals surface area contributed by atoms with Gasteiger partial charge in [-0.05, 0) is 18.9 Å². The molecule has 2 atom stereocenters. The first kappa shape index (κ1) is 9.10. The molecular weight excluding hydrogens is 180 g/mol. The van der Waals surface area contributed by atoms with Crippen LogP contribution in [0.4, 0.5) is 0 Å². The molecule has 1 aliphatic rings. The van der Waals surface area contributed by atoms with Crippen molar-refractivity contribution in [1.82, 2.24) is 0 Å². The average Bonchev–Trinajstić information content (AvgIpc) is 2.19. The minimum absolute atomic E-state index is 0.409. The van der Waals surface area contributed by atoms with Crippen LogP contribution < -0.4 is 0 Å². The smallest absolute Gasteiger partial charge is 0.0930 e. The monoisotopic (exact) mass is 194 g/mol. The Bertz CT molecular complexity index is 260. The predicted molar refractivity (Wildman–Crippen MR) is 56.8 cm³/mol. The summed E-state index contributed by atoms with van der Waals surface area (Å²) >= 11 is 1.90. The Balaban J connectivity index is 2.08. The van der Waals surface area contributed by atoms with Crippen LogP contribution in [0.3, 0.4) is 0 Å². The second kappa shape index (κ2) is 4.16. The molecule has 1 aromatic carbocycles. The van der Waals surface area contributed by atoms with Crippen molar-refractivity contribution >= 4 is 11.8 Å². The molecule has 0 bridgehead atoms. The fraction of sp³-hybridized carbons (Fsp3) is 0.455. The molecule has 1 aliphatic heterocycles. The highest BCUT2D eigenvalue weighted by atomic mass is 32.2. The number of hydrogen-bond acceptors (Lipinski definition) is 2. The van der Waals surface area contributed by atoms with Crippen LogP contribution >= 0.6 is 11.8 Å². The van der Waals surface area contributed by atoms with Gasteiger partial charge in [0.2, 0.25) is 0 Å². The van der Waals surface area contributed by atoms with Gasteiger partial charge in [-0.3, -0.25) is 0 Å². The van der Waals surface area contributed by atoms with Gasteiger partial charge in [-0.2, -0.15) is 0 Å². The Morgan fingerprint density at radius 2 is 2.08 bits per heavy atom. The van der Waals surface area contributed by atoms with Gasteiger partial charge in [-0.25, -0.2) is 0 Å². The quantitative estimate of drug-likeness (QED) is 0.679. The van der Waals surface area contributed by atoms with Gasteiger partial charge in [0.05, 0.1) is 12.0 Å². The van der Waals surface area contributed by atoms with Crippen molar-refractivity contribution in [2.24, 2.45) is 0 Å². The first-order chi connectivity index (χ1) is 6.36. The highest BCUT2D eigenvalue weighted by Crippen LogP contribution is 2.37. The lowest BCUT2D eigenvalue weighted by atomic mass is 10.1. The zero-order chi connectivity index (χ0) is 9.10. The van der Waals surface area contributed by atoms with Gasteiger partial charge < -0.3 is 4.74 Å². The Labute approximate surface area is 83.5 Å². The topological polar surface area (TPSA) is 9.23 Å². The van der Waals surface area contributed by atoms with Crippen LogP contribution in [0.2, 0.25) is 0 Å². The van der Waals surface area contributed by atoms with Gasteiger partial charge in [0, 0.05) is 5.25 Å². The zero-order valence-corrected chi connectivity index (χ0v) is 8.59. The molecule has 1 nitrogen and oxygen atoms in total. The molecule has 70 valence electrons. The lowest BCUT2D eigenvalue weighted by molar-refractivity contribution is 0.0881. The van der Waals surface area contributed by atoms with E-state index in [0.717, 1.165) is 12.4 Å². The number of hydrogen-bond donors (Lipinski definition) is 0. The maximum atomic E-state index is 5.49. The van der Waals surface area contributed by atoms with Gasteiger partial charge in [0.15, 0.2) is 0 Å². The molecule has 0 radical (unpaired) electrons. The molecule has 0 saturated carbocycles. The Hall–Kier alpha value is -0.470. The molecule has 1 aromatic rings. The fourth-order valence-corrected chi connectivity index (χ4v) is 2.81. The minimum Gasteiger partial charge on any atom is -0.368 e. The van der Waals surface area contributed by atoms with Gasteiger partial charge in [-0.15, -0.1) is 11.8 Å². The number of rotatable bonds is 1. The summed E-state index contributed by atoms with van der Waals surface area (Å²) in [4.78, 5) is 0. The van der Waals surface area contributed by atoms with E-state index in [1.165, 1.54) is 5.56 Å². The molecule has 2 rings (SSSR count). The predicted octanol–water partition coefficient (Wildman–Crippen LogP) is 3.23. The van der Waals surface area contributed by atoms with Crippen molar-refractivity contribution in [2.45, 2.75) is 24.7 Å². The van der Waals surface area contributed by atoms with Gasteiger partial charge in [-0.1, -0.05) is 30.3 Å². The molecule has 0 spiro atoms. The molecule has 1 saturated heterocycles. The summed E-state index contributed by atoms with van der Waals surface area (Å²) in [5, 5.41) is 0.630. The summed E-state index contributed by atoms with van der Waals surface area (Å²) in [6, 6.07) is 10.7. The van der Waals surface area contributed by atoms with Gasteiger partial charge in [0.25, 0.3) is 0 Å². The normalized spacial score (nSPS) is 28.7. The molecule has 0 aliphatic carbocycles. The average molecular weight is 194 g/mol. The van der Waals surface area contributed by atoms with Crippen molar-refractivity contribution < 1.29 is 4.74 Å². The van der Waals surface area contributed by atoms with Crippen LogP contribution in [0.15, 0.2) is 30.3 Å². The second-order valence-corrected chi connectivity index (χ2v) is 4.53. The minimum atomic E-state index is 0.409. The van der Waals surface area contributed by atoms with Gasteiger partial charge in [0.1, 0.15) is 0 Å². The first-order valence-electron chi connectivity index (χ1n) is 4.64. The Morgan fingerprint density at radius 3 is 2.77 bits per heavy atom. The highest BCUT2D eigenvalue weighted by Gasteiger charge is 2.20. The molecule has 13 heavy (non-hydrogen) atoms. The van der Waals surface area contributed by atoms with Crippen LogP contribution in [0.5, 0.6) is 0 Å². The van der Waals surface area contributed by atoms with E-state index < -0.39 is 0 Å². The standard InChI is InChI=1S/C11H14OS/c1-9-7-11(13-8-12-9)10-5-3-2-4-6-10/h2-6,9,11H,7-8H2,1H3. The summed E-state index contributed by atoms with van der Waals surface area (Å²) in [6.45, 7) is 2.15. The van der Waals surface area contributed by atoms with Crippen LogP contribution in [-0.4, -0.2) is 12.0 Å². The van der Waals surface area contributed by atoms with Crippen molar-refractivity contribution in [3.63, 3.8) is 0 Å². The van der Waals surface area contributed by atoms with E-state index in [0.29, 0.717) is 11.4 Å². The van der Waals surface area contributed by atoms with Crippen LogP contribution in [-0.2, 0) is 4.74 Å². The van der Waals surface area contributed by atoms with E-state index in [9.17, 15) is 0 Å². The lowest BCUT2D eigenvalue weighted by Gasteiger charge is -2.26. The molecule has 0 N–H and O–H groups in total. The van der Waals surface area contributed by atoms with Crippen molar-refractivity contribution in [3.8, 4) is 0 Å². The lowest BCUT2D eigenvalue weighted by Crippen LogP contribution is -2.17. The summed E-state index contributed by atoms with van der Waals surface area (Å²) < 4.78 is 5.49. The zero-order valence-electron chi connectivity index (χ0n) is 7.77. The van der Waals surface area contributed by atoms with E-state index in [1.54, 1.807) is 0 Å². The first-order valence-corrected chi connectivity index (χ1v) is 5.69. The maximum absolute atomic E-state index is 5.49. The van der Waals surface area contributed by atoms with E-state index >= 15 is 0 Å². The summed E-state index contributed by atoms with van der Waals surface area (Å²) in [7, 11) is 0. The number of ether oxygens (including phenoxy) is 1. The van der Waals surface area contributed by atoms with Crippen molar-refractivity contribution in [2.75, 3.05) is 5.94 Å². The van der Waals surface area contributed by atoms with Crippen LogP contribution in [0.1, 0.15) is 24.2 Å². The molecular formula is C11H14OS. The molecule has 1 fully saturated rings. The van der Waals surface area contributed by atoms with Gasteiger partial charge >= 0.3 is 0 Å². The fourth-order valence-electron chi connectivity index (χ4n) is 1.58. The Kier molecular flexibility index (Phi) is 2.91. The largest absolute Gasteiger partial charge is 0.368 e. The molecule has 2 heteroatoms. The van der Waals surface area contributed by atoms with Crippen molar-refractivity contribution in [3.05, 3.63) is 35.9 Å². The molecule has 2 unspecified atom stereocenters. The molecule has 1 heterocycles. The maximum Gasteiger partial charge on any atom is 0.0930 e. The van der Waals surface area contributed by atoms with E-state index in [-0.39, 0.29) is 0 Å². The van der Waals surface area contributed by atoms with Crippen LogP contribution in [0.25, 0.3) is 0 Å². The Morgan fingerprint density at radius 1 is 1.31 bits per heavy atom. The van der Waals surface area contributed by atoms with E-state index in [1.807, 2.05) is 11.8 Å². The summed E-state index contributed by atoms with van der Waals surface area (Å²) in [5.41, 5.74) is 1.43. The third-order valence-electron chi connectivity index (χ3n) is 2.34. The van der Waals surface area contributed by atoms with Crippen molar-refractivity contribution in [1.29, 1.82) is 0 Å². The molecule has 0 aromatic heterocycles. The SMILES string of the molecule is CC1CC(c2ccccc2)SCO1. The highest BCUT2D eigenvalue weighted by molar-refractivity contribution is 7.99. The number of thioether (sulfide) groups is 1. The van der Waals surface area contributed by atoms with Crippen LogP contribution in [0, 0.1) is 0 Å². The number of benzene rings is 1. The van der Waals surface area contributed by atoms with E-state index in [2.05, 4.69) is 37.3 Å². The third-order valence-corrected chi connectivity index (χ3v) is 3.48.